The second kappa shape index (κ2) is 9.68. The van der Waals surface area contributed by atoms with Crippen LogP contribution in [-0.4, -0.2) is 54.9 Å². The summed E-state index contributed by atoms with van der Waals surface area (Å²) in [4.78, 5) is 24.6. The Morgan fingerprint density at radius 3 is 2.56 bits per heavy atom. The van der Waals surface area contributed by atoms with Crippen LogP contribution in [0.2, 0.25) is 0 Å². The van der Waals surface area contributed by atoms with Gasteiger partial charge < -0.3 is 19.5 Å². The number of halogens is 4. The number of alkyl halides is 3. The van der Waals surface area contributed by atoms with Gasteiger partial charge in [0.25, 0.3) is 0 Å². The number of ether oxygens (including phenoxy) is 2. The van der Waals surface area contributed by atoms with Crippen molar-refractivity contribution in [2.45, 2.75) is 25.4 Å². The summed E-state index contributed by atoms with van der Waals surface area (Å²) >= 11 is 0. The average Bonchev–Trinajstić information content (AvgIpc) is 3.07. The molecule has 6 nitrogen and oxygen atoms in total. The number of nitrogens with zero attached hydrogens (tertiary/aromatic N) is 1. The molecule has 0 saturated carbocycles. The second-order valence-corrected chi connectivity index (χ2v) is 6.05. The molecule has 0 bridgehead atoms. The Kier molecular flexibility index (Phi) is 8.20. The van der Waals surface area contributed by atoms with E-state index in [0.29, 0.717) is 24.9 Å². The molecule has 1 atom stereocenters. The minimum atomic E-state index is -4.44. The number of carboxylic acids is 1. The number of aryl methyl sites for hydroxylation is 1. The first-order valence-corrected chi connectivity index (χ1v) is 8.06. The lowest BCUT2D eigenvalue weighted by molar-refractivity contribution is -0.153. The van der Waals surface area contributed by atoms with Gasteiger partial charge in [0.15, 0.2) is 18.1 Å². The van der Waals surface area contributed by atoms with Crippen molar-refractivity contribution in [1.82, 2.24) is 4.90 Å². The minimum Gasteiger partial charge on any atom is -0.493 e. The minimum absolute atomic E-state index is 0. The summed E-state index contributed by atoms with van der Waals surface area (Å²) in [6, 6.07) is 4.48. The molecule has 1 amide bonds. The molecule has 27 heavy (non-hydrogen) atoms. The van der Waals surface area contributed by atoms with Crippen molar-refractivity contribution in [3.05, 3.63) is 23.8 Å². The monoisotopic (exact) mass is 411 g/mol. The van der Waals surface area contributed by atoms with Gasteiger partial charge >= 0.3 is 12.1 Å². The fourth-order valence-corrected chi connectivity index (χ4v) is 2.74. The Morgan fingerprint density at radius 2 is 2.00 bits per heavy atom. The molecule has 1 aliphatic heterocycles. The Balaban J connectivity index is 0.00000364. The Bertz CT molecular complexity index is 668. The molecule has 10 heteroatoms. The molecule has 2 rings (SSSR count). The summed E-state index contributed by atoms with van der Waals surface area (Å²) in [5.74, 6) is -1.44. The van der Waals surface area contributed by atoms with E-state index in [0.717, 1.165) is 0 Å². The summed E-state index contributed by atoms with van der Waals surface area (Å²) in [7, 11) is 1.32. The lowest BCUT2D eigenvalue weighted by atomic mass is 10.1. The maximum absolute atomic E-state index is 12.2. The zero-order valence-corrected chi connectivity index (χ0v) is 15.4. The number of carbonyl (C=O) groups excluding carboxylic acids is 1. The van der Waals surface area contributed by atoms with Gasteiger partial charge in [-0.15, -0.1) is 12.4 Å². The van der Waals surface area contributed by atoms with Gasteiger partial charge in [-0.1, -0.05) is 6.07 Å². The third-order valence-electron chi connectivity index (χ3n) is 4.14. The van der Waals surface area contributed by atoms with Crippen LogP contribution in [0.5, 0.6) is 11.5 Å². The van der Waals surface area contributed by atoms with E-state index in [1.54, 1.807) is 6.07 Å². The van der Waals surface area contributed by atoms with Crippen molar-refractivity contribution in [2.75, 3.05) is 26.8 Å². The third kappa shape index (κ3) is 6.82. The Hall–Kier alpha value is -2.16. The highest BCUT2D eigenvalue weighted by Gasteiger charge is 2.31. The number of hydrogen-bond acceptors (Lipinski definition) is 4. The fraction of sp³-hybridized carbons (Fsp3) is 0.529. The number of hydrogen-bond donors (Lipinski definition) is 1. The number of methoxy groups -OCH3 is 1. The fourth-order valence-electron chi connectivity index (χ4n) is 2.74. The maximum Gasteiger partial charge on any atom is 0.422 e. The van der Waals surface area contributed by atoms with Crippen LogP contribution >= 0.6 is 12.4 Å². The van der Waals surface area contributed by atoms with E-state index >= 15 is 0 Å². The van der Waals surface area contributed by atoms with Crippen LogP contribution in [0.15, 0.2) is 18.2 Å². The Morgan fingerprint density at radius 1 is 1.30 bits per heavy atom. The molecule has 1 aromatic carbocycles. The number of aliphatic carboxylic acids is 1. The number of carboxylic acid groups (broad SMARTS) is 1. The van der Waals surface area contributed by atoms with Crippen molar-refractivity contribution in [3.63, 3.8) is 0 Å². The number of benzene rings is 1. The molecule has 1 aromatic rings. The molecule has 1 saturated heterocycles. The normalized spacial score (nSPS) is 16.6. The zero-order valence-electron chi connectivity index (χ0n) is 14.6. The van der Waals surface area contributed by atoms with Crippen LogP contribution in [0.25, 0.3) is 0 Å². The van der Waals surface area contributed by atoms with E-state index in [2.05, 4.69) is 0 Å². The Labute approximate surface area is 160 Å². The quantitative estimate of drug-likeness (QED) is 0.746. The highest BCUT2D eigenvalue weighted by atomic mass is 35.5. The first kappa shape index (κ1) is 22.9. The summed E-state index contributed by atoms with van der Waals surface area (Å²) < 4.78 is 46.5. The van der Waals surface area contributed by atoms with Gasteiger partial charge in [-0.25, -0.2) is 0 Å². The molecule has 152 valence electrons. The molecular weight excluding hydrogens is 391 g/mol. The van der Waals surface area contributed by atoms with Crippen molar-refractivity contribution in [2.24, 2.45) is 5.92 Å². The van der Waals surface area contributed by atoms with Crippen molar-refractivity contribution in [3.8, 4) is 11.5 Å². The van der Waals surface area contributed by atoms with Crippen molar-refractivity contribution >= 4 is 24.3 Å². The van der Waals surface area contributed by atoms with Crippen LogP contribution < -0.4 is 9.47 Å². The summed E-state index contributed by atoms with van der Waals surface area (Å²) in [6.07, 6.45) is -3.46. The van der Waals surface area contributed by atoms with Gasteiger partial charge in [0.1, 0.15) is 0 Å². The van der Waals surface area contributed by atoms with Crippen LogP contribution in [0.1, 0.15) is 18.4 Å². The average molecular weight is 412 g/mol. The number of amides is 1. The lowest BCUT2D eigenvalue weighted by Gasteiger charge is -2.16. The SMILES string of the molecule is COc1cc(CCC(=O)N2CCC(C(=O)O)C2)ccc1OCC(F)(F)F.Cl. The van der Waals surface area contributed by atoms with Gasteiger partial charge in [0.2, 0.25) is 5.91 Å². The van der Waals surface area contributed by atoms with Crippen LogP contribution in [-0.2, 0) is 16.0 Å². The van der Waals surface area contributed by atoms with E-state index in [1.807, 2.05) is 0 Å². The summed E-state index contributed by atoms with van der Waals surface area (Å²) in [5.41, 5.74) is 0.712. The molecule has 1 fully saturated rings. The molecule has 1 heterocycles. The van der Waals surface area contributed by atoms with E-state index < -0.39 is 24.7 Å². The molecule has 0 spiro atoms. The highest BCUT2D eigenvalue weighted by molar-refractivity contribution is 5.85. The van der Waals surface area contributed by atoms with Crippen molar-refractivity contribution in [1.29, 1.82) is 0 Å². The second-order valence-electron chi connectivity index (χ2n) is 6.05. The predicted molar refractivity (Wildman–Crippen MR) is 92.4 cm³/mol. The zero-order chi connectivity index (χ0) is 19.3. The molecule has 1 aliphatic rings. The molecule has 0 radical (unpaired) electrons. The summed E-state index contributed by atoms with van der Waals surface area (Å²) in [6.45, 7) is -0.786. The van der Waals surface area contributed by atoms with Crippen molar-refractivity contribution < 1.29 is 37.3 Å². The van der Waals surface area contributed by atoms with Gasteiger partial charge in [-0.2, -0.15) is 13.2 Å². The largest absolute Gasteiger partial charge is 0.493 e. The van der Waals surface area contributed by atoms with E-state index in [4.69, 9.17) is 14.6 Å². The first-order valence-electron chi connectivity index (χ1n) is 8.06. The van der Waals surface area contributed by atoms with E-state index in [-0.39, 0.29) is 42.8 Å². The molecule has 1 N–H and O–H groups in total. The third-order valence-corrected chi connectivity index (χ3v) is 4.14. The van der Waals surface area contributed by atoms with Gasteiger partial charge in [0.05, 0.1) is 13.0 Å². The van der Waals surface area contributed by atoms with E-state index in [1.165, 1.54) is 24.1 Å². The topological polar surface area (TPSA) is 76.1 Å². The highest BCUT2D eigenvalue weighted by Crippen LogP contribution is 2.30. The lowest BCUT2D eigenvalue weighted by Crippen LogP contribution is -2.30. The number of carbonyl (C=O) groups is 2. The molecule has 0 aliphatic carbocycles. The predicted octanol–water partition coefficient (Wildman–Crippen LogP) is 2.92. The number of rotatable bonds is 7. The molecule has 0 aromatic heterocycles. The summed E-state index contributed by atoms with van der Waals surface area (Å²) in [5, 5.41) is 8.96. The molecule has 1 unspecified atom stereocenters. The van der Waals surface area contributed by atoms with E-state index in [9.17, 15) is 22.8 Å². The van der Waals surface area contributed by atoms with Gasteiger partial charge in [0, 0.05) is 19.5 Å². The van der Waals surface area contributed by atoms with Crippen LogP contribution in [0.3, 0.4) is 0 Å². The van der Waals surface area contributed by atoms with Gasteiger partial charge in [-0.05, 0) is 30.5 Å². The smallest absolute Gasteiger partial charge is 0.422 e. The first-order chi connectivity index (χ1) is 12.2. The van der Waals surface area contributed by atoms with Gasteiger partial charge in [-0.3, -0.25) is 9.59 Å². The standard InChI is InChI=1S/C17H20F3NO5.ClH/c1-25-14-8-11(2-4-13(14)26-10-17(18,19)20)3-5-15(22)21-7-6-12(9-21)16(23)24;/h2,4,8,12H,3,5-7,9-10H2,1H3,(H,23,24);1H. The maximum atomic E-state index is 12.2. The van der Waals surface area contributed by atoms with Crippen LogP contribution in [0.4, 0.5) is 13.2 Å². The van der Waals surface area contributed by atoms with Crippen LogP contribution in [0, 0.1) is 5.92 Å². The number of likely N-dealkylation sites (tertiary alicyclic amines) is 1. The molecular formula is C17H21ClF3NO5.